The second kappa shape index (κ2) is 10.0. The molecular formula is C27H30ClNO5. The molecule has 0 aliphatic rings. The van der Waals surface area contributed by atoms with E-state index in [-0.39, 0.29) is 31.0 Å². The Morgan fingerprint density at radius 1 is 1.00 bits per heavy atom. The van der Waals surface area contributed by atoms with Crippen LogP contribution >= 0.6 is 11.6 Å². The number of carbonyl (C=O) groups excluding carboxylic acids is 1. The minimum Gasteiger partial charge on any atom is -0.481 e. The van der Waals surface area contributed by atoms with Crippen molar-refractivity contribution in [3.8, 4) is 0 Å². The second-order valence-corrected chi connectivity index (χ2v) is 10.1. The molecule has 0 unspecified atom stereocenters. The quantitative estimate of drug-likeness (QED) is 0.336. The molecule has 180 valence electrons. The molecular weight excluding hydrogens is 454 g/mol. The molecule has 2 aromatic carbocycles. The monoisotopic (exact) mass is 483 g/mol. The predicted octanol–water partition coefficient (Wildman–Crippen LogP) is 6.17. The number of hydrogen-bond donors (Lipinski definition) is 2. The third-order valence-electron chi connectivity index (χ3n) is 6.15. The van der Waals surface area contributed by atoms with Gasteiger partial charge >= 0.3 is 11.9 Å². The summed E-state index contributed by atoms with van der Waals surface area (Å²) in [4.78, 5) is 36.6. The average Bonchev–Trinajstić information content (AvgIpc) is 3.05. The Kier molecular flexibility index (Phi) is 7.51. The van der Waals surface area contributed by atoms with Gasteiger partial charge in [0, 0.05) is 46.6 Å². The normalized spacial score (nSPS) is 11.8. The van der Waals surface area contributed by atoms with Gasteiger partial charge < -0.3 is 14.8 Å². The molecule has 0 saturated carbocycles. The molecule has 1 heterocycles. The van der Waals surface area contributed by atoms with Crippen LogP contribution in [0.1, 0.15) is 73.6 Å². The first-order valence-electron chi connectivity index (χ1n) is 11.3. The van der Waals surface area contributed by atoms with Crippen LogP contribution in [0.3, 0.4) is 0 Å². The Morgan fingerprint density at radius 3 is 2.21 bits per heavy atom. The molecule has 0 spiro atoms. The highest BCUT2D eigenvalue weighted by Crippen LogP contribution is 2.35. The van der Waals surface area contributed by atoms with E-state index in [4.69, 9.17) is 16.7 Å². The zero-order valence-corrected chi connectivity index (χ0v) is 20.6. The molecule has 2 N–H and O–H groups in total. The Balaban J connectivity index is 2.29. The zero-order valence-electron chi connectivity index (χ0n) is 19.9. The van der Waals surface area contributed by atoms with Crippen molar-refractivity contribution in [1.82, 2.24) is 4.57 Å². The minimum atomic E-state index is -1.13. The zero-order chi connectivity index (χ0) is 25.2. The number of ketones is 1. The molecule has 0 saturated heterocycles. The summed E-state index contributed by atoms with van der Waals surface area (Å²) in [6, 6.07) is 13.3. The molecule has 6 nitrogen and oxygen atoms in total. The lowest BCUT2D eigenvalue weighted by atomic mass is 9.85. The summed E-state index contributed by atoms with van der Waals surface area (Å²) in [5.74, 6) is -2.08. The number of fused-ring (bicyclic) bond motifs is 1. The molecule has 0 amide bonds. The number of benzene rings is 2. The van der Waals surface area contributed by atoms with Crippen molar-refractivity contribution in [3.63, 3.8) is 0 Å². The van der Waals surface area contributed by atoms with Crippen LogP contribution in [0.15, 0.2) is 42.5 Å². The van der Waals surface area contributed by atoms with Gasteiger partial charge in [-0.25, -0.2) is 0 Å². The minimum absolute atomic E-state index is 0.121. The van der Waals surface area contributed by atoms with Gasteiger partial charge in [0.25, 0.3) is 0 Å². The van der Waals surface area contributed by atoms with Gasteiger partial charge in [0.15, 0.2) is 5.78 Å². The van der Waals surface area contributed by atoms with Crippen LogP contribution in [0.25, 0.3) is 10.9 Å². The Morgan fingerprint density at radius 2 is 1.65 bits per heavy atom. The van der Waals surface area contributed by atoms with Crippen molar-refractivity contribution in [1.29, 1.82) is 0 Å². The number of Topliss-reactive ketones (excluding diaryl/α,β-unsaturated/α-hetero) is 1. The van der Waals surface area contributed by atoms with E-state index in [9.17, 15) is 19.5 Å². The van der Waals surface area contributed by atoms with Gasteiger partial charge in [-0.3, -0.25) is 14.4 Å². The summed E-state index contributed by atoms with van der Waals surface area (Å²) < 4.78 is 1.99. The third kappa shape index (κ3) is 5.50. The number of carbonyl (C=O) groups is 3. The molecule has 7 heteroatoms. The number of halogens is 1. The number of aromatic nitrogens is 1. The van der Waals surface area contributed by atoms with Crippen molar-refractivity contribution >= 4 is 40.2 Å². The van der Waals surface area contributed by atoms with Crippen LogP contribution in [-0.2, 0) is 22.6 Å². The van der Waals surface area contributed by atoms with Crippen LogP contribution in [0.5, 0.6) is 0 Å². The molecule has 0 bridgehead atoms. The largest absolute Gasteiger partial charge is 0.481 e. The van der Waals surface area contributed by atoms with E-state index in [0.29, 0.717) is 22.8 Å². The molecule has 0 fully saturated rings. The summed E-state index contributed by atoms with van der Waals surface area (Å²) in [6.07, 6.45) is -0.314. The maximum absolute atomic E-state index is 13.4. The maximum atomic E-state index is 13.4. The van der Waals surface area contributed by atoms with E-state index in [1.54, 1.807) is 26.0 Å². The Labute approximate surface area is 204 Å². The number of carboxylic acids is 2. The first-order chi connectivity index (χ1) is 15.9. The van der Waals surface area contributed by atoms with Gasteiger partial charge in [0.1, 0.15) is 0 Å². The van der Waals surface area contributed by atoms with Crippen LogP contribution in [0, 0.1) is 5.41 Å². The molecule has 0 aliphatic carbocycles. The van der Waals surface area contributed by atoms with Crippen LogP contribution in [0.4, 0.5) is 0 Å². The first kappa shape index (κ1) is 25.5. The summed E-state index contributed by atoms with van der Waals surface area (Å²) >= 11 is 6.05. The standard InChI is InChI=1S/C27H30ClNO5/c1-16(2)18-7-10-21-20(13-18)25(23(30)11-12-24(31)32)22(14-27(3,4)26(33)34)29(21)15-17-5-8-19(28)9-6-17/h5-10,13,16H,11-12,14-15H2,1-4H3,(H,31,32)(H,33,34). The fourth-order valence-corrected chi connectivity index (χ4v) is 4.20. The topological polar surface area (TPSA) is 96.6 Å². The van der Waals surface area contributed by atoms with Gasteiger partial charge in [-0.1, -0.05) is 43.6 Å². The van der Waals surface area contributed by atoms with E-state index in [1.807, 2.05) is 34.9 Å². The summed E-state index contributed by atoms with van der Waals surface area (Å²) in [5.41, 5.74) is 2.71. The molecule has 0 radical (unpaired) electrons. The van der Waals surface area contributed by atoms with Crippen molar-refractivity contribution in [2.75, 3.05) is 0 Å². The summed E-state index contributed by atoms with van der Waals surface area (Å²) in [7, 11) is 0. The van der Waals surface area contributed by atoms with Gasteiger partial charge in [-0.05, 0) is 55.2 Å². The highest BCUT2D eigenvalue weighted by atomic mass is 35.5. The van der Waals surface area contributed by atoms with E-state index in [0.717, 1.165) is 22.0 Å². The van der Waals surface area contributed by atoms with Gasteiger partial charge in [-0.2, -0.15) is 0 Å². The summed E-state index contributed by atoms with van der Waals surface area (Å²) in [6.45, 7) is 7.81. The molecule has 3 aromatic rings. The highest BCUT2D eigenvalue weighted by Gasteiger charge is 2.33. The van der Waals surface area contributed by atoms with E-state index < -0.39 is 17.4 Å². The molecule has 1 aromatic heterocycles. The molecule has 3 rings (SSSR count). The van der Waals surface area contributed by atoms with Crippen molar-refractivity contribution in [3.05, 3.63) is 69.9 Å². The smallest absolute Gasteiger partial charge is 0.309 e. The van der Waals surface area contributed by atoms with Crippen LogP contribution in [-0.4, -0.2) is 32.5 Å². The number of carboxylic acid groups (broad SMARTS) is 2. The van der Waals surface area contributed by atoms with Crippen LogP contribution < -0.4 is 0 Å². The number of rotatable bonds is 10. The molecule has 0 atom stereocenters. The second-order valence-electron chi connectivity index (χ2n) is 9.65. The lowest BCUT2D eigenvalue weighted by molar-refractivity contribution is -0.146. The van der Waals surface area contributed by atoms with Gasteiger partial charge in [-0.15, -0.1) is 0 Å². The number of aliphatic carboxylic acids is 2. The maximum Gasteiger partial charge on any atom is 0.309 e. The lowest BCUT2D eigenvalue weighted by Gasteiger charge is -2.22. The highest BCUT2D eigenvalue weighted by molar-refractivity contribution is 6.30. The van der Waals surface area contributed by atoms with Crippen molar-refractivity contribution in [2.24, 2.45) is 5.41 Å². The van der Waals surface area contributed by atoms with Crippen molar-refractivity contribution < 1.29 is 24.6 Å². The van der Waals surface area contributed by atoms with Crippen LogP contribution in [0.2, 0.25) is 5.02 Å². The number of nitrogens with zero attached hydrogens (tertiary/aromatic N) is 1. The van der Waals surface area contributed by atoms with Crippen molar-refractivity contribution in [2.45, 2.75) is 59.4 Å². The Hall–Kier alpha value is -3.12. The summed E-state index contributed by atoms with van der Waals surface area (Å²) in [5, 5.41) is 20.3. The fourth-order valence-electron chi connectivity index (χ4n) is 4.07. The number of hydrogen-bond acceptors (Lipinski definition) is 3. The first-order valence-corrected chi connectivity index (χ1v) is 11.7. The Bertz CT molecular complexity index is 1240. The van der Waals surface area contributed by atoms with Gasteiger partial charge in [0.2, 0.25) is 0 Å². The SMILES string of the molecule is CC(C)c1ccc2c(c1)c(C(=O)CCC(=O)O)c(CC(C)(C)C(=O)O)n2Cc1ccc(Cl)cc1. The van der Waals surface area contributed by atoms with E-state index in [2.05, 4.69) is 13.8 Å². The van der Waals surface area contributed by atoms with E-state index in [1.165, 1.54) is 0 Å². The van der Waals surface area contributed by atoms with Gasteiger partial charge in [0.05, 0.1) is 11.8 Å². The average molecular weight is 484 g/mol. The predicted molar refractivity (Wildman–Crippen MR) is 133 cm³/mol. The molecule has 0 aliphatic heterocycles. The fraction of sp³-hybridized carbons (Fsp3) is 0.370. The molecule has 34 heavy (non-hydrogen) atoms. The van der Waals surface area contributed by atoms with E-state index >= 15 is 0 Å². The third-order valence-corrected chi connectivity index (χ3v) is 6.40. The lowest BCUT2D eigenvalue weighted by Crippen LogP contribution is -2.28.